The molecule has 4 rings (SSSR count). The minimum absolute atomic E-state index is 0.332. The van der Waals surface area contributed by atoms with Gasteiger partial charge in [0.05, 0.1) is 12.6 Å². The highest BCUT2D eigenvalue weighted by molar-refractivity contribution is 5.03. The summed E-state index contributed by atoms with van der Waals surface area (Å²) in [4.78, 5) is 9.63. The van der Waals surface area contributed by atoms with Crippen LogP contribution in [0.4, 0.5) is 0 Å². The molecule has 6 heteroatoms. The number of aromatic nitrogens is 2. The van der Waals surface area contributed by atoms with Crippen molar-refractivity contribution in [2.75, 3.05) is 33.3 Å². The van der Waals surface area contributed by atoms with Crippen LogP contribution in [0.1, 0.15) is 49.7 Å². The lowest BCUT2D eigenvalue weighted by molar-refractivity contribution is 0.105. The first kappa shape index (κ1) is 14.6. The average Bonchev–Trinajstić information content (AvgIpc) is 2.93. The molecule has 3 fully saturated rings. The quantitative estimate of drug-likeness (QED) is 0.796. The second-order valence-electron chi connectivity index (χ2n) is 7.00. The summed E-state index contributed by atoms with van der Waals surface area (Å²) in [6.07, 6.45) is 6.55. The van der Waals surface area contributed by atoms with Gasteiger partial charge in [-0.3, -0.25) is 4.90 Å². The zero-order valence-corrected chi connectivity index (χ0v) is 13.4. The van der Waals surface area contributed by atoms with Gasteiger partial charge in [0.2, 0.25) is 5.89 Å². The minimum atomic E-state index is 0.332. The minimum Gasteiger partial charge on any atom is -0.380 e. The molecule has 22 heavy (non-hydrogen) atoms. The van der Waals surface area contributed by atoms with Crippen LogP contribution in [-0.2, 0) is 11.3 Å². The Morgan fingerprint density at radius 2 is 2.09 bits per heavy atom. The van der Waals surface area contributed by atoms with Crippen molar-refractivity contribution in [3.8, 4) is 0 Å². The molecule has 3 heterocycles. The normalized spacial score (nSPS) is 30.4. The predicted octanol–water partition coefficient (Wildman–Crippen LogP) is 1.63. The first-order valence-electron chi connectivity index (χ1n) is 8.63. The zero-order chi connectivity index (χ0) is 14.9. The van der Waals surface area contributed by atoms with Gasteiger partial charge >= 0.3 is 0 Å². The monoisotopic (exact) mass is 306 g/mol. The molecule has 0 bridgehead atoms. The van der Waals surface area contributed by atoms with E-state index in [0.29, 0.717) is 18.1 Å². The number of ether oxygens (including phenoxy) is 1. The first-order chi connectivity index (χ1) is 10.8. The highest BCUT2D eigenvalue weighted by Crippen LogP contribution is 2.38. The van der Waals surface area contributed by atoms with E-state index in [4.69, 9.17) is 9.26 Å². The Hall–Kier alpha value is -0.980. The maximum atomic E-state index is 5.60. The van der Waals surface area contributed by atoms with Crippen molar-refractivity contribution in [2.24, 2.45) is 0 Å². The second-order valence-corrected chi connectivity index (χ2v) is 7.00. The van der Waals surface area contributed by atoms with Crippen LogP contribution >= 0.6 is 0 Å². The molecule has 122 valence electrons. The van der Waals surface area contributed by atoms with E-state index in [1.807, 2.05) is 7.11 Å². The summed E-state index contributed by atoms with van der Waals surface area (Å²) >= 11 is 0. The van der Waals surface area contributed by atoms with E-state index < -0.39 is 0 Å². The topological polar surface area (TPSA) is 54.6 Å². The summed E-state index contributed by atoms with van der Waals surface area (Å²) in [6, 6.07) is 0.541. The van der Waals surface area contributed by atoms with Crippen LogP contribution in [0.15, 0.2) is 4.52 Å². The van der Waals surface area contributed by atoms with Crippen molar-refractivity contribution in [1.29, 1.82) is 0 Å². The van der Waals surface area contributed by atoms with Crippen LogP contribution < -0.4 is 0 Å². The molecule has 3 aliphatic rings. The van der Waals surface area contributed by atoms with Crippen LogP contribution in [0.5, 0.6) is 0 Å². The third-order valence-electron chi connectivity index (χ3n) is 5.26. The molecule has 0 spiro atoms. The van der Waals surface area contributed by atoms with Gasteiger partial charge in [-0.15, -0.1) is 0 Å². The zero-order valence-electron chi connectivity index (χ0n) is 13.4. The van der Waals surface area contributed by atoms with E-state index in [-0.39, 0.29) is 0 Å². The van der Waals surface area contributed by atoms with Gasteiger partial charge in [0.15, 0.2) is 5.82 Å². The number of methoxy groups -OCH3 is 1. The van der Waals surface area contributed by atoms with Gasteiger partial charge in [-0.2, -0.15) is 4.98 Å². The fourth-order valence-corrected chi connectivity index (χ4v) is 3.77. The summed E-state index contributed by atoms with van der Waals surface area (Å²) in [5.74, 6) is 2.24. The molecule has 0 radical (unpaired) electrons. The largest absolute Gasteiger partial charge is 0.380 e. The van der Waals surface area contributed by atoms with Gasteiger partial charge < -0.3 is 14.2 Å². The Kier molecular flexibility index (Phi) is 4.15. The number of hydrogen-bond acceptors (Lipinski definition) is 6. The Labute approximate surface area is 131 Å². The van der Waals surface area contributed by atoms with Gasteiger partial charge in [0.1, 0.15) is 0 Å². The van der Waals surface area contributed by atoms with Gasteiger partial charge in [-0.25, -0.2) is 0 Å². The molecule has 1 aliphatic carbocycles. The molecule has 1 aromatic rings. The van der Waals surface area contributed by atoms with E-state index in [0.717, 1.165) is 37.8 Å². The Morgan fingerprint density at radius 3 is 2.82 bits per heavy atom. The van der Waals surface area contributed by atoms with E-state index in [9.17, 15) is 0 Å². The number of hydrogen-bond donors (Lipinski definition) is 0. The van der Waals surface area contributed by atoms with Crippen LogP contribution in [0.2, 0.25) is 0 Å². The van der Waals surface area contributed by atoms with Gasteiger partial charge in [0.25, 0.3) is 0 Å². The molecule has 2 atom stereocenters. The van der Waals surface area contributed by atoms with Crippen molar-refractivity contribution >= 4 is 0 Å². The lowest BCUT2D eigenvalue weighted by Crippen LogP contribution is -2.39. The molecule has 2 aliphatic heterocycles. The summed E-state index contributed by atoms with van der Waals surface area (Å²) in [6.45, 7) is 5.36. The van der Waals surface area contributed by atoms with E-state index >= 15 is 0 Å². The predicted molar refractivity (Wildman–Crippen MR) is 81.6 cm³/mol. The smallest absolute Gasteiger partial charge is 0.240 e. The SMILES string of the molecule is CO[C@H]1C[C@@H](CN2CCCC2)N(Cc2nc(C3CC3)no2)C1. The van der Waals surface area contributed by atoms with Crippen molar-refractivity contribution in [3.63, 3.8) is 0 Å². The molecule has 0 N–H and O–H groups in total. The third-order valence-corrected chi connectivity index (χ3v) is 5.26. The summed E-state index contributed by atoms with van der Waals surface area (Å²) in [5.41, 5.74) is 0. The molecular formula is C16H26N4O2. The van der Waals surface area contributed by atoms with E-state index in [1.54, 1.807) is 0 Å². The van der Waals surface area contributed by atoms with Crippen LogP contribution in [0.3, 0.4) is 0 Å². The molecule has 1 aromatic heterocycles. The second kappa shape index (κ2) is 6.26. The van der Waals surface area contributed by atoms with Gasteiger partial charge in [0, 0.05) is 32.2 Å². The Bertz CT molecular complexity index is 496. The van der Waals surface area contributed by atoms with Crippen molar-refractivity contribution in [3.05, 3.63) is 11.7 Å². The fraction of sp³-hybridized carbons (Fsp3) is 0.875. The molecule has 1 saturated carbocycles. The van der Waals surface area contributed by atoms with Gasteiger partial charge in [-0.1, -0.05) is 5.16 Å². The van der Waals surface area contributed by atoms with Crippen molar-refractivity contribution in [2.45, 2.75) is 56.7 Å². The lowest BCUT2D eigenvalue weighted by atomic mass is 10.2. The lowest BCUT2D eigenvalue weighted by Gasteiger charge is -2.26. The molecular weight excluding hydrogens is 280 g/mol. The standard InChI is InChI=1S/C16H26N4O2/c1-21-14-8-13(9-19-6-2-3-7-19)20(10-14)11-15-17-16(18-22-15)12-4-5-12/h12-14H,2-11H2,1H3/t13-,14-/m0/s1. The first-order valence-corrected chi connectivity index (χ1v) is 8.63. The Balaban J connectivity index is 1.39. The highest BCUT2D eigenvalue weighted by atomic mass is 16.5. The highest BCUT2D eigenvalue weighted by Gasteiger charge is 2.35. The van der Waals surface area contributed by atoms with Crippen LogP contribution in [0, 0.1) is 0 Å². The summed E-state index contributed by atoms with van der Waals surface area (Å²) in [7, 11) is 1.82. The van der Waals surface area contributed by atoms with Gasteiger partial charge in [-0.05, 0) is 45.2 Å². The maximum Gasteiger partial charge on any atom is 0.240 e. The molecule has 0 aromatic carbocycles. The third kappa shape index (κ3) is 3.19. The van der Waals surface area contributed by atoms with Crippen molar-refractivity contribution < 1.29 is 9.26 Å². The number of nitrogens with zero attached hydrogens (tertiary/aromatic N) is 4. The fourth-order valence-electron chi connectivity index (χ4n) is 3.77. The number of rotatable bonds is 6. The van der Waals surface area contributed by atoms with Crippen molar-refractivity contribution in [1.82, 2.24) is 19.9 Å². The Morgan fingerprint density at radius 1 is 1.27 bits per heavy atom. The molecule has 6 nitrogen and oxygen atoms in total. The van der Waals surface area contributed by atoms with E-state index in [1.165, 1.54) is 38.8 Å². The van der Waals surface area contributed by atoms with E-state index in [2.05, 4.69) is 19.9 Å². The molecule has 2 saturated heterocycles. The summed E-state index contributed by atoms with van der Waals surface area (Å²) in [5, 5.41) is 4.13. The van der Waals surface area contributed by atoms with Crippen LogP contribution in [0.25, 0.3) is 0 Å². The number of likely N-dealkylation sites (tertiary alicyclic amines) is 2. The van der Waals surface area contributed by atoms with Crippen LogP contribution in [-0.4, -0.2) is 65.4 Å². The molecule has 0 amide bonds. The molecule has 0 unspecified atom stereocenters. The maximum absolute atomic E-state index is 5.60. The average molecular weight is 306 g/mol. The summed E-state index contributed by atoms with van der Waals surface area (Å²) < 4.78 is 11.1.